The number of quaternary nitrogens is 3. The summed E-state index contributed by atoms with van der Waals surface area (Å²) in [5.74, 6) is -2.88. The maximum atomic E-state index is 10.0. The standard InChI is InChI=1S/C5H7NO4S2.3H3N.H2O/c7-3(8)1-6(5(11)12)2-4(9)10;;;;/h1-2H2,(H,7,8)(H,9,10)(H,11,12);3*1H3;1H2. The van der Waals surface area contributed by atoms with Crippen molar-refractivity contribution in [3.63, 3.8) is 0 Å². The van der Waals surface area contributed by atoms with Gasteiger partial charge < -0.3 is 73.5 Å². The molecule has 16 heavy (non-hydrogen) atoms. The van der Waals surface area contributed by atoms with E-state index in [4.69, 9.17) is 0 Å². The molecule has 0 aromatic carbocycles. The van der Waals surface area contributed by atoms with Gasteiger partial charge in [0.15, 0.2) is 0 Å². The molecule has 0 aliphatic heterocycles. The number of carbonyl (C=O) groups excluding carboxylic acids is 2. The molecule has 0 atom stereocenters. The van der Waals surface area contributed by atoms with Crippen LogP contribution in [0.1, 0.15) is 0 Å². The van der Waals surface area contributed by atoms with Crippen LogP contribution in [0.25, 0.3) is 0 Å². The Kier molecular flexibility index (Phi) is 25.5. The van der Waals surface area contributed by atoms with Gasteiger partial charge in [0.25, 0.3) is 0 Å². The summed E-state index contributed by atoms with van der Waals surface area (Å²) >= 11 is 8.82. The zero-order valence-corrected chi connectivity index (χ0v) is 10.9. The highest BCUT2D eigenvalue weighted by Gasteiger charge is 2.00. The lowest BCUT2D eigenvalue weighted by atomic mass is 10.5. The number of nitrogens with zero attached hydrogens (tertiary/aromatic N) is 1. The van der Waals surface area contributed by atoms with Crippen molar-refractivity contribution in [1.29, 1.82) is 0 Å². The highest BCUT2D eigenvalue weighted by Crippen LogP contribution is 1.88. The molecule has 0 aliphatic carbocycles. The molecular weight excluding hydrogens is 260 g/mol. The van der Waals surface area contributed by atoms with E-state index >= 15 is 0 Å². The van der Waals surface area contributed by atoms with Gasteiger partial charge in [-0.15, -0.1) is 0 Å². The van der Waals surface area contributed by atoms with Crippen molar-refractivity contribution in [2.24, 2.45) is 0 Å². The van der Waals surface area contributed by atoms with E-state index in [-0.39, 0.29) is 28.2 Å². The van der Waals surface area contributed by atoms with Gasteiger partial charge in [0, 0.05) is 0 Å². The molecule has 0 spiro atoms. The topological polar surface area (TPSA) is 224 Å². The fourth-order valence-electron chi connectivity index (χ4n) is 0.497. The monoisotopic (exact) mass is 278 g/mol. The largest absolute Gasteiger partial charge is 0.548 e. The highest BCUT2D eigenvalue weighted by atomic mass is 32.1. The van der Waals surface area contributed by atoms with Crippen molar-refractivity contribution < 1.29 is 25.3 Å². The highest BCUT2D eigenvalue weighted by molar-refractivity contribution is 8.00. The van der Waals surface area contributed by atoms with Gasteiger partial charge in [0.05, 0.1) is 25.0 Å². The third-order valence-corrected chi connectivity index (χ3v) is 1.41. The predicted molar refractivity (Wildman–Crippen MR) is 63.1 cm³/mol. The fraction of sp³-hybridized carbons (Fsp3) is 0.400. The van der Waals surface area contributed by atoms with Crippen molar-refractivity contribution in [3.8, 4) is 0 Å². The lowest BCUT2D eigenvalue weighted by Crippen LogP contribution is -2.45. The van der Waals surface area contributed by atoms with Crippen LogP contribution in [0.4, 0.5) is 0 Å². The molecule has 0 aromatic rings. The van der Waals surface area contributed by atoms with E-state index in [2.05, 4.69) is 24.8 Å². The Morgan fingerprint density at radius 3 is 1.44 bits per heavy atom. The van der Waals surface area contributed by atoms with Gasteiger partial charge in [-0.25, -0.2) is 0 Å². The van der Waals surface area contributed by atoms with Crippen molar-refractivity contribution >= 4 is 41.1 Å². The van der Waals surface area contributed by atoms with Crippen LogP contribution in [0.15, 0.2) is 0 Å². The summed E-state index contributed by atoms with van der Waals surface area (Å²) in [6.45, 7) is -1.26. The van der Waals surface area contributed by atoms with Crippen LogP contribution in [0.5, 0.6) is 0 Å². The first-order valence-electron chi connectivity index (χ1n) is 2.79. The van der Waals surface area contributed by atoms with Gasteiger partial charge in [-0.2, -0.15) is 0 Å². The van der Waals surface area contributed by atoms with Gasteiger partial charge in [-0.1, -0.05) is 4.32 Å². The van der Waals surface area contributed by atoms with E-state index in [9.17, 15) is 19.8 Å². The first kappa shape index (κ1) is 29.4. The molecule has 0 amide bonds. The molecule has 0 aliphatic rings. The average molecular weight is 278 g/mol. The molecule has 14 N–H and O–H groups in total. The number of rotatable bonds is 4. The molecule has 0 unspecified atom stereocenters. The van der Waals surface area contributed by atoms with E-state index in [1.807, 2.05) is 0 Å². The maximum absolute atomic E-state index is 10.0. The van der Waals surface area contributed by atoms with Crippen LogP contribution >= 0.6 is 12.2 Å². The van der Waals surface area contributed by atoms with Gasteiger partial charge in [0.2, 0.25) is 0 Å². The Labute approximate surface area is 103 Å². The zero-order chi connectivity index (χ0) is 9.72. The molecule has 9 nitrogen and oxygen atoms in total. The maximum Gasteiger partial charge on any atom is 0.0607 e. The predicted octanol–water partition coefficient (Wildman–Crippen LogP) is -3.08. The summed E-state index contributed by atoms with van der Waals surface area (Å²) in [6, 6.07) is 0. The van der Waals surface area contributed by atoms with E-state index < -0.39 is 25.0 Å². The number of hydrogen-bond acceptors (Lipinski definition) is 6. The lowest BCUT2D eigenvalue weighted by molar-refractivity contribution is -0.308. The summed E-state index contributed by atoms with van der Waals surface area (Å²) in [7, 11) is 0. The molecule has 0 saturated heterocycles. The van der Waals surface area contributed by atoms with E-state index in [1.54, 1.807) is 0 Å². The number of carbonyl (C=O) groups is 2. The minimum absolute atomic E-state index is 0. The van der Waals surface area contributed by atoms with E-state index in [0.717, 1.165) is 4.90 Å². The van der Waals surface area contributed by atoms with Gasteiger partial charge in [-0.3, -0.25) is 0 Å². The Balaban J connectivity index is -0.000000101. The summed E-state index contributed by atoms with van der Waals surface area (Å²) < 4.78 is -0.233. The quantitative estimate of drug-likeness (QED) is 0.354. The first-order valence-corrected chi connectivity index (χ1v) is 3.60. The number of carboxylic acid groups (broad SMARTS) is 2. The molecule has 0 radical (unpaired) electrons. The number of hydrogen-bond donors (Lipinski definition) is 3. The summed E-state index contributed by atoms with van der Waals surface area (Å²) in [4.78, 5) is 20.8. The second-order valence-electron chi connectivity index (χ2n) is 1.87. The molecular formula is C5H18N4O5S2. The minimum atomic E-state index is -1.44. The zero-order valence-electron chi connectivity index (χ0n) is 9.31. The SMILES string of the molecule is O.O=C([O-])CN(CC(=O)[O-])C(=S)[S-].[NH4+].[NH4+].[NH4+]. The molecule has 100 valence electrons. The van der Waals surface area contributed by atoms with Crippen molar-refractivity contribution in [2.45, 2.75) is 0 Å². The molecule has 11 heteroatoms. The first-order chi connectivity index (χ1) is 5.43. The molecule has 0 fully saturated rings. The third kappa shape index (κ3) is 15.4. The lowest BCUT2D eigenvalue weighted by Gasteiger charge is -2.28. The molecule has 0 rings (SSSR count). The number of thiocarbonyl (C=S) groups is 1. The van der Waals surface area contributed by atoms with Gasteiger partial charge in [0.1, 0.15) is 0 Å². The molecule has 0 heterocycles. The van der Waals surface area contributed by atoms with Gasteiger partial charge >= 0.3 is 0 Å². The summed E-state index contributed by atoms with van der Waals surface area (Å²) in [6.07, 6.45) is 0. The van der Waals surface area contributed by atoms with Crippen LogP contribution in [-0.4, -0.2) is 39.7 Å². The molecule has 0 bridgehead atoms. The Bertz CT molecular complexity index is 211. The van der Waals surface area contributed by atoms with Crippen LogP contribution in [0, 0.1) is 0 Å². The Morgan fingerprint density at radius 2 is 1.31 bits per heavy atom. The average Bonchev–Trinajstić information content (AvgIpc) is 1.83. The Hall–Kier alpha value is -1.11. The second-order valence-corrected chi connectivity index (χ2v) is 2.90. The van der Waals surface area contributed by atoms with Crippen molar-refractivity contribution in [3.05, 3.63) is 0 Å². The normalized spacial score (nSPS) is 6.75. The minimum Gasteiger partial charge on any atom is -0.548 e. The van der Waals surface area contributed by atoms with E-state index in [0.29, 0.717) is 0 Å². The fourth-order valence-corrected chi connectivity index (χ4v) is 0.755. The van der Waals surface area contributed by atoms with Crippen LogP contribution in [0.3, 0.4) is 0 Å². The Morgan fingerprint density at radius 1 is 1.06 bits per heavy atom. The van der Waals surface area contributed by atoms with Gasteiger partial charge in [-0.05, 0) is 0 Å². The second kappa shape index (κ2) is 13.9. The smallest absolute Gasteiger partial charge is 0.0607 e. The number of carboxylic acids is 2. The molecule has 0 aromatic heterocycles. The van der Waals surface area contributed by atoms with Crippen LogP contribution < -0.4 is 28.7 Å². The summed E-state index contributed by atoms with van der Waals surface area (Å²) in [5, 5.41) is 20.0. The van der Waals surface area contributed by atoms with E-state index in [1.165, 1.54) is 0 Å². The van der Waals surface area contributed by atoms with Crippen molar-refractivity contribution in [1.82, 2.24) is 23.4 Å². The van der Waals surface area contributed by atoms with Crippen molar-refractivity contribution in [2.75, 3.05) is 13.1 Å². The van der Waals surface area contributed by atoms with Crippen LogP contribution in [-0.2, 0) is 22.2 Å². The third-order valence-electron chi connectivity index (χ3n) is 0.898. The summed E-state index contributed by atoms with van der Waals surface area (Å²) in [5.41, 5.74) is 0. The van der Waals surface area contributed by atoms with Crippen LogP contribution in [0.2, 0.25) is 0 Å². The number of aliphatic carboxylic acids is 2. The molecule has 0 saturated carbocycles.